The van der Waals surface area contributed by atoms with Crippen LogP contribution in [-0.2, 0) is 34.3 Å². The van der Waals surface area contributed by atoms with Crippen LogP contribution in [0.3, 0.4) is 0 Å². The number of likely N-dealkylation sites (tertiary alicyclic amines) is 1. The standard InChI is InChI=1S/C33H49FN4O7Si/c1-21-30(46(3,4)34)27(18-28(40)37-16-8-10-24(37)20-39)45-33(21)25-17-23(36-31(42)22-9-7-14-35-19-22)12-13-26(25)38(32(33)43)15-6-5-11-29(41)44-2/h12-13,17,21-22,24,27,30,35,39H,5-11,14-16,18-20H2,1-4H3,(H,36,42)/t21-,22?,24+,27+,30-,33+/m1/s1. The van der Waals surface area contributed by atoms with Gasteiger partial charge in [-0.3, -0.25) is 19.2 Å². The summed E-state index contributed by atoms with van der Waals surface area (Å²) >= 11 is 0. The molecular formula is C33H49FN4O7Si. The molecule has 0 bridgehead atoms. The van der Waals surface area contributed by atoms with Crippen molar-refractivity contribution >= 4 is 43.5 Å². The van der Waals surface area contributed by atoms with E-state index in [1.807, 2.05) is 6.92 Å². The van der Waals surface area contributed by atoms with Crippen molar-refractivity contribution in [2.75, 3.05) is 50.1 Å². The molecule has 11 nitrogen and oxygen atoms in total. The SMILES string of the molecule is COC(=O)CCCCN1C(=O)[C@@]2(O[C@@H](CC(=O)N3CCC[C@H]3CO)[C@H]([Si](C)(C)F)[C@H]2C)c2cc(NC(=O)C3CCCNC3)ccc21. The number of carbonyl (C=O) groups excluding carboxylic acids is 4. The first-order valence-electron chi connectivity index (χ1n) is 16.7. The number of benzene rings is 1. The summed E-state index contributed by atoms with van der Waals surface area (Å²) in [5, 5.41) is 16.1. The first-order chi connectivity index (χ1) is 21.9. The van der Waals surface area contributed by atoms with Crippen LogP contribution in [0.2, 0.25) is 18.6 Å². The van der Waals surface area contributed by atoms with Gasteiger partial charge in [-0.2, -0.15) is 0 Å². The van der Waals surface area contributed by atoms with E-state index in [1.165, 1.54) is 7.11 Å². The largest absolute Gasteiger partial charge is 0.469 e. The molecule has 5 rings (SSSR count). The van der Waals surface area contributed by atoms with Gasteiger partial charge in [-0.15, -0.1) is 0 Å². The average Bonchev–Trinajstić information content (AvgIpc) is 3.69. The molecule has 4 aliphatic rings. The Hall–Kier alpha value is -2.87. The van der Waals surface area contributed by atoms with Crippen LogP contribution in [0.1, 0.15) is 63.9 Å². The molecule has 46 heavy (non-hydrogen) atoms. The van der Waals surface area contributed by atoms with Gasteiger partial charge in [0.15, 0.2) is 5.60 Å². The number of unbranched alkanes of at least 4 members (excludes halogenated alkanes) is 1. The average molecular weight is 661 g/mol. The summed E-state index contributed by atoms with van der Waals surface area (Å²) in [6.45, 7) is 7.23. The van der Waals surface area contributed by atoms with E-state index in [4.69, 9.17) is 9.47 Å². The first-order valence-corrected chi connectivity index (χ1v) is 19.7. The van der Waals surface area contributed by atoms with Crippen LogP contribution in [-0.4, -0.2) is 94.1 Å². The molecule has 3 saturated heterocycles. The summed E-state index contributed by atoms with van der Waals surface area (Å²) in [6.07, 6.45) is 3.56. The van der Waals surface area contributed by atoms with E-state index < -0.39 is 31.6 Å². The monoisotopic (exact) mass is 660 g/mol. The van der Waals surface area contributed by atoms with Gasteiger partial charge < -0.3 is 39.1 Å². The van der Waals surface area contributed by atoms with Crippen molar-refractivity contribution in [2.24, 2.45) is 11.8 Å². The predicted octanol–water partition coefficient (Wildman–Crippen LogP) is 3.46. The molecule has 3 N–H and O–H groups in total. The Bertz CT molecular complexity index is 1320. The number of carbonyl (C=O) groups is 4. The number of aliphatic hydroxyl groups is 1. The van der Waals surface area contributed by atoms with Gasteiger partial charge in [-0.05, 0) is 76.4 Å². The zero-order chi connectivity index (χ0) is 33.2. The maximum atomic E-state index is 16.3. The van der Waals surface area contributed by atoms with Crippen LogP contribution in [0, 0.1) is 11.8 Å². The molecule has 1 aromatic carbocycles. The quantitative estimate of drug-likeness (QED) is 0.142. The number of esters is 1. The lowest BCUT2D eigenvalue weighted by atomic mass is 9.82. The summed E-state index contributed by atoms with van der Waals surface area (Å²) in [7, 11) is -2.16. The Morgan fingerprint density at radius 2 is 2.00 bits per heavy atom. The molecule has 3 fully saturated rings. The van der Waals surface area contributed by atoms with Gasteiger partial charge in [-0.25, -0.2) is 0 Å². The molecule has 1 unspecified atom stereocenters. The third-order valence-electron chi connectivity index (χ3n) is 10.4. The Balaban J connectivity index is 1.48. The van der Waals surface area contributed by atoms with Crippen molar-refractivity contribution in [2.45, 2.75) is 94.7 Å². The predicted molar refractivity (Wildman–Crippen MR) is 173 cm³/mol. The Morgan fingerprint density at radius 3 is 2.67 bits per heavy atom. The van der Waals surface area contributed by atoms with Crippen LogP contribution < -0.4 is 15.5 Å². The van der Waals surface area contributed by atoms with Crippen molar-refractivity contribution in [3.8, 4) is 0 Å². The highest BCUT2D eigenvalue weighted by Crippen LogP contribution is 2.60. The molecule has 0 saturated carbocycles. The van der Waals surface area contributed by atoms with E-state index in [-0.39, 0.29) is 55.1 Å². The van der Waals surface area contributed by atoms with Crippen LogP contribution in [0.15, 0.2) is 18.2 Å². The summed E-state index contributed by atoms with van der Waals surface area (Å²) in [6, 6.07) is 5.08. The van der Waals surface area contributed by atoms with Crippen LogP contribution >= 0.6 is 0 Å². The van der Waals surface area contributed by atoms with E-state index in [9.17, 15) is 24.3 Å². The van der Waals surface area contributed by atoms with Crippen molar-refractivity contribution in [3.05, 3.63) is 23.8 Å². The third-order valence-corrected chi connectivity index (χ3v) is 12.9. The minimum atomic E-state index is -3.50. The second-order valence-corrected chi connectivity index (χ2v) is 17.6. The molecule has 0 aliphatic carbocycles. The van der Waals surface area contributed by atoms with Gasteiger partial charge in [0.2, 0.25) is 20.2 Å². The normalized spacial score (nSPS) is 29.3. The fourth-order valence-corrected chi connectivity index (χ4v) is 10.6. The topological polar surface area (TPSA) is 138 Å². The number of hydrogen-bond acceptors (Lipinski definition) is 8. The number of anilines is 2. The van der Waals surface area contributed by atoms with Gasteiger partial charge in [-0.1, -0.05) is 6.92 Å². The van der Waals surface area contributed by atoms with Gasteiger partial charge in [0.25, 0.3) is 5.91 Å². The van der Waals surface area contributed by atoms with Gasteiger partial charge in [0.1, 0.15) is 0 Å². The number of nitrogens with one attached hydrogen (secondary N) is 2. The summed E-state index contributed by atoms with van der Waals surface area (Å²) in [4.78, 5) is 56.3. The van der Waals surface area contributed by atoms with Gasteiger partial charge in [0.05, 0.1) is 43.9 Å². The van der Waals surface area contributed by atoms with Crippen molar-refractivity contribution < 1.29 is 37.9 Å². The number of rotatable bonds is 11. The lowest BCUT2D eigenvalue weighted by Gasteiger charge is -2.31. The molecule has 0 aromatic heterocycles. The maximum absolute atomic E-state index is 16.3. The lowest BCUT2D eigenvalue weighted by Crippen LogP contribution is -2.45. The molecule has 6 atom stereocenters. The van der Waals surface area contributed by atoms with E-state index in [2.05, 4.69) is 10.6 Å². The second-order valence-electron chi connectivity index (χ2n) is 13.8. The summed E-state index contributed by atoms with van der Waals surface area (Å²) in [5.74, 6) is -1.71. The zero-order valence-electron chi connectivity index (χ0n) is 27.5. The zero-order valence-corrected chi connectivity index (χ0v) is 28.5. The second kappa shape index (κ2) is 14.1. The Morgan fingerprint density at radius 1 is 1.22 bits per heavy atom. The van der Waals surface area contributed by atoms with Crippen LogP contribution in [0.4, 0.5) is 15.5 Å². The number of amides is 3. The number of ether oxygens (including phenoxy) is 2. The minimum Gasteiger partial charge on any atom is -0.469 e. The van der Waals surface area contributed by atoms with E-state index in [0.29, 0.717) is 55.8 Å². The summed E-state index contributed by atoms with van der Waals surface area (Å²) < 4.78 is 27.8. The molecule has 4 aliphatic heterocycles. The molecule has 0 radical (unpaired) electrons. The lowest BCUT2D eigenvalue weighted by molar-refractivity contribution is -0.150. The third kappa shape index (κ3) is 6.61. The molecule has 4 heterocycles. The fraction of sp³-hybridized carbons (Fsp3) is 0.697. The number of hydrogen-bond donors (Lipinski definition) is 3. The van der Waals surface area contributed by atoms with Gasteiger partial charge in [0, 0.05) is 48.8 Å². The fourth-order valence-electron chi connectivity index (χ4n) is 8.15. The number of nitrogens with zero attached hydrogens (tertiary/aromatic N) is 2. The van der Waals surface area contributed by atoms with E-state index in [1.54, 1.807) is 41.1 Å². The molecule has 1 spiro atoms. The molecule has 1 aromatic rings. The minimum absolute atomic E-state index is 0.0829. The Kier molecular flexibility index (Phi) is 10.6. The smallest absolute Gasteiger partial charge is 0.305 e. The van der Waals surface area contributed by atoms with Crippen molar-refractivity contribution in [1.29, 1.82) is 0 Å². The highest BCUT2D eigenvalue weighted by atomic mass is 28.4. The highest BCUT2D eigenvalue weighted by Gasteiger charge is 2.67. The summed E-state index contributed by atoms with van der Waals surface area (Å²) in [5.41, 5.74) is -0.492. The van der Waals surface area contributed by atoms with E-state index in [0.717, 1.165) is 25.8 Å². The highest BCUT2D eigenvalue weighted by molar-refractivity contribution is 6.72. The number of halogens is 1. The number of methoxy groups -OCH3 is 1. The Labute approximate surface area is 271 Å². The van der Waals surface area contributed by atoms with E-state index >= 15 is 4.11 Å². The number of aliphatic hydroxyl groups excluding tert-OH is 1. The first kappa shape index (κ1) is 34.5. The molecular weight excluding hydrogens is 611 g/mol. The van der Waals surface area contributed by atoms with Crippen LogP contribution in [0.25, 0.3) is 0 Å². The number of fused-ring (bicyclic) bond motifs is 2. The molecule has 3 amide bonds. The van der Waals surface area contributed by atoms with Crippen molar-refractivity contribution in [3.63, 3.8) is 0 Å². The maximum Gasteiger partial charge on any atom is 0.305 e. The van der Waals surface area contributed by atoms with Crippen LogP contribution in [0.5, 0.6) is 0 Å². The molecule has 254 valence electrons. The van der Waals surface area contributed by atoms with Gasteiger partial charge >= 0.3 is 5.97 Å². The molecule has 13 heteroatoms. The van der Waals surface area contributed by atoms with Crippen molar-refractivity contribution in [1.82, 2.24) is 10.2 Å². The number of piperidine rings is 1.